The molecule has 1 heterocycles. The second kappa shape index (κ2) is 7.01. The highest BCUT2D eigenvalue weighted by Crippen LogP contribution is 2.39. The summed E-state index contributed by atoms with van der Waals surface area (Å²) in [5.41, 5.74) is -1.39. The number of benzene rings is 2. The van der Waals surface area contributed by atoms with E-state index in [1.807, 2.05) is 0 Å². The number of hydrogen-bond donors (Lipinski definition) is 1. The van der Waals surface area contributed by atoms with Gasteiger partial charge in [0, 0.05) is 11.0 Å². The minimum absolute atomic E-state index is 0.0180. The largest absolute Gasteiger partial charge is 0.507 e. The summed E-state index contributed by atoms with van der Waals surface area (Å²) in [5.74, 6) is -1.61. The van der Waals surface area contributed by atoms with E-state index in [1.54, 1.807) is 31.1 Å². The lowest BCUT2D eigenvalue weighted by Crippen LogP contribution is -2.17. The normalized spacial score (nSPS) is 12.1. The molecule has 0 aliphatic rings. The minimum Gasteiger partial charge on any atom is -0.507 e. The molecule has 8 heteroatoms. The summed E-state index contributed by atoms with van der Waals surface area (Å²) in [7, 11) is 3.38. The van der Waals surface area contributed by atoms with Gasteiger partial charge in [-0.1, -0.05) is 28.1 Å². The Labute approximate surface area is 161 Å². The van der Waals surface area contributed by atoms with Gasteiger partial charge in [-0.2, -0.15) is 13.2 Å². The van der Waals surface area contributed by atoms with Gasteiger partial charge < -0.3 is 14.4 Å². The second-order valence-corrected chi connectivity index (χ2v) is 7.23. The number of halogens is 4. The molecule has 0 spiro atoms. The molecule has 0 saturated carbocycles. The predicted octanol–water partition coefficient (Wildman–Crippen LogP) is 5.01. The number of nitrogens with zero attached hydrogens (tertiary/aromatic N) is 1. The zero-order valence-electron chi connectivity index (χ0n) is 14.4. The van der Waals surface area contributed by atoms with Crippen LogP contribution >= 0.6 is 15.9 Å². The molecule has 2 aromatic carbocycles. The minimum atomic E-state index is -4.88. The van der Waals surface area contributed by atoms with Crippen LogP contribution in [0.4, 0.5) is 13.2 Å². The molecule has 1 aromatic heterocycles. The summed E-state index contributed by atoms with van der Waals surface area (Å²) in [5, 5.41) is 10.1. The van der Waals surface area contributed by atoms with E-state index in [4.69, 9.17) is 4.42 Å². The highest BCUT2D eigenvalue weighted by molar-refractivity contribution is 9.10. The molecule has 27 heavy (non-hydrogen) atoms. The number of aromatic hydroxyl groups is 1. The van der Waals surface area contributed by atoms with E-state index in [9.17, 15) is 23.1 Å². The second-order valence-electron chi connectivity index (χ2n) is 6.32. The molecule has 0 atom stereocenters. The van der Waals surface area contributed by atoms with E-state index in [2.05, 4.69) is 15.9 Å². The van der Waals surface area contributed by atoms with Crippen molar-refractivity contribution in [2.75, 3.05) is 14.1 Å². The van der Waals surface area contributed by atoms with Gasteiger partial charge in [0.1, 0.15) is 11.3 Å². The predicted molar refractivity (Wildman–Crippen MR) is 99.7 cm³/mol. The molecule has 0 fully saturated rings. The monoisotopic (exact) mass is 441 g/mol. The Morgan fingerprint density at radius 2 is 1.74 bits per heavy atom. The molecule has 0 amide bonds. The zero-order chi connectivity index (χ0) is 19.9. The quantitative estimate of drug-likeness (QED) is 0.620. The molecule has 3 aromatic rings. The SMILES string of the molecule is CN(C)Cc1c(O)ccc2c(=O)c(-c3ccc(Br)cc3)c(C(F)(F)F)oc12. The Kier molecular flexibility index (Phi) is 5.05. The maximum absolute atomic E-state index is 13.7. The Balaban J connectivity index is 2.43. The fourth-order valence-electron chi connectivity index (χ4n) is 2.85. The van der Waals surface area contributed by atoms with E-state index >= 15 is 0 Å². The van der Waals surface area contributed by atoms with Crippen molar-refractivity contribution in [2.45, 2.75) is 12.7 Å². The average molecular weight is 442 g/mol. The number of phenolic OH excluding ortho intramolecular Hbond substituents is 1. The van der Waals surface area contributed by atoms with Gasteiger partial charge >= 0.3 is 6.18 Å². The smallest absolute Gasteiger partial charge is 0.450 e. The van der Waals surface area contributed by atoms with Gasteiger partial charge in [-0.05, 0) is 43.9 Å². The standard InChI is InChI=1S/C19H15BrF3NO3/c1-24(2)9-13-14(25)8-7-12-16(26)15(10-3-5-11(20)6-4-10)18(19(21,22)23)27-17(12)13/h3-8,25H,9H2,1-2H3. The Bertz CT molecular complexity index is 1060. The van der Waals surface area contributed by atoms with Gasteiger partial charge in [-0.3, -0.25) is 4.79 Å². The molecule has 0 bridgehead atoms. The third-order valence-electron chi connectivity index (χ3n) is 4.00. The van der Waals surface area contributed by atoms with Gasteiger partial charge in [0.05, 0.1) is 16.5 Å². The first-order valence-corrected chi connectivity index (χ1v) is 8.68. The van der Waals surface area contributed by atoms with Gasteiger partial charge in [0.25, 0.3) is 0 Å². The molecule has 142 valence electrons. The summed E-state index contributed by atoms with van der Waals surface area (Å²) < 4.78 is 47.0. The third kappa shape index (κ3) is 3.72. The van der Waals surface area contributed by atoms with Crippen LogP contribution in [-0.2, 0) is 12.7 Å². The van der Waals surface area contributed by atoms with Crippen LogP contribution in [0.5, 0.6) is 5.75 Å². The van der Waals surface area contributed by atoms with Crippen molar-refractivity contribution in [3.8, 4) is 16.9 Å². The first kappa shape index (κ1) is 19.4. The van der Waals surface area contributed by atoms with E-state index in [0.29, 0.717) is 4.47 Å². The maximum Gasteiger partial charge on any atom is 0.450 e. The number of hydrogen-bond acceptors (Lipinski definition) is 4. The first-order valence-electron chi connectivity index (χ1n) is 7.89. The van der Waals surface area contributed by atoms with Gasteiger partial charge in [0.15, 0.2) is 0 Å². The Morgan fingerprint density at radius 3 is 2.30 bits per heavy atom. The van der Waals surface area contributed by atoms with Crippen molar-refractivity contribution in [2.24, 2.45) is 0 Å². The van der Waals surface area contributed by atoms with Crippen LogP contribution in [0.2, 0.25) is 0 Å². The van der Waals surface area contributed by atoms with Crippen LogP contribution in [0.25, 0.3) is 22.1 Å². The molecule has 3 rings (SSSR count). The summed E-state index contributed by atoms with van der Waals surface area (Å²) >= 11 is 3.22. The van der Waals surface area contributed by atoms with Gasteiger partial charge in [-0.15, -0.1) is 0 Å². The summed E-state index contributed by atoms with van der Waals surface area (Å²) in [6.07, 6.45) is -4.88. The van der Waals surface area contributed by atoms with Crippen molar-refractivity contribution in [1.29, 1.82) is 0 Å². The highest BCUT2D eigenvalue weighted by Gasteiger charge is 2.39. The van der Waals surface area contributed by atoms with Crippen molar-refractivity contribution in [1.82, 2.24) is 4.90 Å². The van der Waals surface area contributed by atoms with Crippen molar-refractivity contribution < 1.29 is 22.7 Å². The zero-order valence-corrected chi connectivity index (χ0v) is 16.0. The Morgan fingerprint density at radius 1 is 1.11 bits per heavy atom. The van der Waals surface area contributed by atoms with E-state index < -0.39 is 22.9 Å². The molecule has 0 saturated heterocycles. The average Bonchev–Trinajstić information content (AvgIpc) is 2.57. The van der Waals surface area contributed by atoms with Crippen LogP contribution in [0, 0.1) is 0 Å². The number of alkyl halides is 3. The molecule has 0 radical (unpaired) electrons. The van der Waals surface area contributed by atoms with Crippen molar-refractivity contribution in [3.63, 3.8) is 0 Å². The Hall–Kier alpha value is -2.32. The lowest BCUT2D eigenvalue weighted by Gasteiger charge is -2.17. The summed E-state index contributed by atoms with van der Waals surface area (Å²) in [6, 6.07) is 8.49. The van der Waals surface area contributed by atoms with Gasteiger partial charge in [-0.25, -0.2) is 0 Å². The molecule has 1 N–H and O–H groups in total. The number of rotatable bonds is 3. The maximum atomic E-state index is 13.7. The third-order valence-corrected chi connectivity index (χ3v) is 4.53. The lowest BCUT2D eigenvalue weighted by molar-refractivity contribution is -0.152. The summed E-state index contributed by atoms with van der Waals surface area (Å²) in [4.78, 5) is 14.6. The van der Waals surface area contributed by atoms with Crippen LogP contribution in [0.15, 0.2) is 50.1 Å². The number of fused-ring (bicyclic) bond motifs is 1. The molecular weight excluding hydrogens is 427 g/mol. The topological polar surface area (TPSA) is 53.7 Å². The van der Waals surface area contributed by atoms with Crippen molar-refractivity contribution in [3.05, 3.63) is 62.4 Å². The summed E-state index contributed by atoms with van der Waals surface area (Å²) in [6.45, 7) is 0.112. The van der Waals surface area contributed by atoms with Crippen LogP contribution in [0.1, 0.15) is 11.3 Å². The fraction of sp³-hybridized carbons (Fsp3) is 0.211. The highest BCUT2D eigenvalue weighted by atomic mass is 79.9. The number of phenols is 1. The lowest BCUT2D eigenvalue weighted by atomic mass is 10.00. The van der Waals surface area contributed by atoms with E-state index in [1.165, 1.54) is 24.3 Å². The van der Waals surface area contributed by atoms with Crippen LogP contribution < -0.4 is 5.43 Å². The van der Waals surface area contributed by atoms with E-state index in [0.717, 1.165) is 0 Å². The molecule has 0 aliphatic carbocycles. The fourth-order valence-corrected chi connectivity index (χ4v) is 3.12. The van der Waals surface area contributed by atoms with E-state index in [-0.39, 0.29) is 34.4 Å². The molecule has 4 nitrogen and oxygen atoms in total. The van der Waals surface area contributed by atoms with Gasteiger partial charge in [0.2, 0.25) is 11.2 Å². The van der Waals surface area contributed by atoms with Crippen LogP contribution in [0.3, 0.4) is 0 Å². The van der Waals surface area contributed by atoms with Crippen molar-refractivity contribution >= 4 is 26.9 Å². The molecule has 0 aliphatic heterocycles. The molecular formula is C19H15BrF3NO3. The van der Waals surface area contributed by atoms with Crippen LogP contribution in [-0.4, -0.2) is 24.1 Å². The molecule has 0 unspecified atom stereocenters. The first-order chi connectivity index (χ1) is 12.6.